The van der Waals surface area contributed by atoms with Crippen LogP contribution in [0.2, 0.25) is 0 Å². The summed E-state index contributed by atoms with van der Waals surface area (Å²) in [5.74, 6) is 0.327. The van der Waals surface area contributed by atoms with Crippen LogP contribution in [-0.2, 0) is 15.6 Å². The van der Waals surface area contributed by atoms with Gasteiger partial charge in [0.2, 0.25) is 5.91 Å². The molecule has 0 aromatic carbocycles. The van der Waals surface area contributed by atoms with Gasteiger partial charge in [0.05, 0.1) is 0 Å². The minimum Gasteiger partial charge on any atom is -0.353 e. The fraction of sp³-hybridized carbons (Fsp3) is 0.900. The summed E-state index contributed by atoms with van der Waals surface area (Å²) in [6, 6.07) is 0.0802. The van der Waals surface area contributed by atoms with Gasteiger partial charge < -0.3 is 11.1 Å². The summed E-state index contributed by atoms with van der Waals surface area (Å²) in [7, 11) is -1.14. The number of nitrogens with two attached hydrogens (primary N) is 1. The Morgan fingerprint density at radius 2 is 2.00 bits per heavy atom. The van der Waals surface area contributed by atoms with Crippen molar-refractivity contribution in [3.05, 3.63) is 0 Å². The van der Waals surface area contributed by atoms with Crippen molar-refractivity contribution < 1.29 is 9.00 Å². The number of amides is 1. The molecule has 15 heavy (non-hydrogen) atoms. The van der Waals surface area contributed by atoms with E-state index in [-0.39, 0.29) is 23.7 Å². The molecule has 0 rings (SSSR count). The second-order valence-corrected chi connectivity index (χ2v) is 5.30. The predicted molar refractivity (Wildman–Crippen MR) is 64.0 cm³/mol. The molecule has 0 bridgehead atoms. The summed E-state index contributed by atoms with van der Waals surface area (Å²) >= 11 is 0. The maximum Gasteiger partial charge on any atom is 0.232 e. The van der Waals surface area contributed by atoms with Crippen LogP contribution in [0.25, 0.3) is 0 Å². The first-order valence-corrected chi connectivity index (χ1v) is 6.88. The van der Waals surface area contributed by atoms with Gasteiger partial charge in [0, 0.05) is 28.6 Å². The molecule has 3 atom stereocenters. The molecule has 5 heteroatoms. The molecule has 0 fully saturated rings. The number of nitrogens with one attached hydrogen (secondary N) is 1. The molecule has 0 aliphatic heterocycles. The minimum absolute atomic E-state index is 0.0674. The Morgan fingerprint density at radius 3 is 2.47 bits per heavy atom. The van der Waals surface area contributed by atoms with Crippen LogP contribution in [0, 0.1) is 0 Å². The van der Waals surface area contributed by atoms with Crippen molar-refractivity contribution in [3.8, 4) is 0 Å². The zero-order valence-corrected chi connectivity index (χ0v) is 10.6. The lowest BCUT2D eigenvalue weighted by Gasteiger charge is -2.12. The average Bonchev–Trinajstić information content (AvgIpc) is 2.16. The Hall–Kier alpha value is -0.420. The van der Waals surface area contributed by atoms with Crippen LogP contribution in [0.1, 0.15) is 33.6 Å². The third-order valence-corrected chi connectivity index (χ3v) is 3.62. The molecule has 0 radical (unpaired) electrons. The molecule has 3 N–H and O–H groups in total. The number of carbonyl (C=O) groups is 1. The standard InChI is InChI=1S/C10H22N2O2S/c1-4-8(3)12-10(13)7-15(14)6-9(11)5-2/h8-9H,4-7,11H2,1-3H3,(H,12,13). The summed E-state index contributed by atoms with van der Waals surface area (Å²) in [6.07, 6.45) is 1.67. The lowest BCUT2D eigenvalue weighted by molar-refractivity contribution is -0.119. The van der Waals surface area contributed by atoms with Crippen molar-refractivity contribution in [2.45, 2.75) is 45.7 Å². The van der Waals surface area contributed by atoms with Gasteiger partial charge in [0.1, 0.15) is 5.75 Å². The number of carbonyl (C=O) groups excluding carboxylic acids is 1. The van der Waals surface area contributed by atoms with Crippen molar-refractivity contribution in [2.75, 3.05) is 11.5 Å². The van der Waals surface area contributed by atoms with E-state index in [1.54, 1.807) is 0 Å². The van der Waals surface area contributed by atoms with E-state index in [2.05, 4.69) is 5.32 Å². The van der Waals surface area contributed by atoms with Crippen LogP contribution in [0.3, 0.4) is 0 Å². The number of rotatable bonds is 7. The quantitative estimate of drug-likeness (QED) is 0.669. The normalized spacial score (nSPS) is 16.8. The van der Waals surface area contributed by atoms with Crippen LogP contribution in [0.4, 0.5) is 0 Å². The van der Waals surface area contributed by atoms with Crippen molar-refractivity contribution >= 4 is 16.7 Å². The van der Waals surface area contributed by atoms with E-state index in [1.165, 1.54) is 0 Å². The first kappa shape index (κ1) is 14.6. The summed E-state index contributed by atoms with van der Waals surface area (Å²) in [5.41, 5.74) is 5.65. The molecule has 0 saturated heterocycles. The molecule has 0 spiro atoms. The third-order valence-electron chi connectivity index (χ3n) is 2.24. The van der Waals surface area contributed by atoms with Gasteiger partial charge in [-0.15, -0.1) is 0 Å². The Bertz CT molecular complexity index is 199. The van der Waals surface area contributed by atoms with Gasteiger partial charge in [-0.2, -0.15) is 0 Å². The summed E-state index contributed by atoms with van der Waals surface area (Å²) in [5, 5.41) is 2.78. The molecular formula is C10H22N2O2S. The fourth-order valence-electron chi connectivity index (χ4n) is 0.980. The highest BCUT2D eigenvalue weighted by molar-refractivity contribution is 7.85. The molecule has 0 aromatic rings. The molecule has 3 unspecified atom stereocenters. The van der Waals surface area contributed by atoms with E-state index >= 15 is 0 Å². The van der Waals surface area contributed by atoms with Crippen LogP contribution < -0.4 is 11.1 Å². The highest BCUT2D eigenvalue weighted by Crippen LogP contribution is 1.93. The largest absolute Gasteiger partial charge is 0.353 e. The summed E-state index contributed by atoms with van der Waals surface area (Å²) in [4.78, 5) is 11.3. The van der Waals surface area contributed by atoms with Gasteiger partial charge in [-0.25, -0.2) is 0 Å². The first-order chi connectivity index (χ1) is 6.99. The van der Waals surface area contributed by atoms with Crippen molar-refractivity contribution in [1.29, 1.82) is 0 Å². The van der Waals surface area contributed by atoms with E-state index in [0.29, 0.717) is 5.75 Å². The SMILES string of the molecule is CCC(N)CS(=O)CC(=O)NC(C)CC. The Labute approximate surface area is 94.4 Å². The second-order valence-electron chi connectivity index (χ2n) is 3.80. The highest BCUT2D eigenvalue weighted by Gasteiger charge is 2.12. The van der Waals surface area contributed by atoms with Gasteiger partial charge in [-0.3, -0.25) is 9.00 Å². The van der Waals surface area contributed by atoms with Crippen molar-refractivity contribution in [2.24, 2.45) is 5.73 Å². The molecule has 90 valence electrons. The van der Waals surface area contributed by atoms with Crippen molar-refractivity contribution in [3.63, 3.8) is 0 Å². The van der Waals surface area contributed by atoms with E-state index in [9.17, 15) is 9.00 Å². The lowest BCUT2D eigenvalue weighted by atomic mass is 10.3. The molecule has 0 aromatic heterocycles. The maximum atomic E-state index is 11.5. The summed E-state index contributed by atoms with van der Waals surface area (Å²) < 4.78 is 11.5. The molecular weight excluding hydrogens is 212 g/mol. The van der Waals surface area contributed by atoms with Gasteiger partial charge in [0.15, 0.2) is 0 Å². The Morgan fingerprint density at radius 1 is 1.40 bits per heavy atom. The molecule has 1 amide bonds. The van der Waals surface area contributed by atoms with Gasteiger partial charge in [-0.1, -0.05) is 13.8 Å². The van der Waals surface area contributed by atoms with E-state index in [4.69, 9.17) is 5.73 Å². The molecule has 0 heterocycles. The molecule has 0 aliphatic carbocycles. The topological polar surface area (TPSA) is 72.2 Å². The predicted octanol–water partition coefficient (Wildman–Crippen LogP) is 0.387. The Kier molecular flexibility index (Phi) is 7.60. The highest BCUT2D eigenvalue weighted by atomic mass is 32.2. The molecule has 4 nitrogen and oxygen atoms in total. The zero-order chi connectivity index (χ0) is 11.8. The Balaban J connectivity index is 3.81. The van der Waals surface area contributed by atoms with Crippen LogP contribution >= 0.6 is 0 Å². The number of hydrogen-bond acceptors (Lipinski definition) is 3. The lowest BCUT2D eigenvalue weighted by Crippen LogP contribution is -2.37. The second kappa shape index (κ2) is 7.82. The molecule has 0 aliphatic rings. The smallest absolute Gasteiger partial charge is 0.232 e. The fourth-order valence-corrected chi connectivity index (χ4v) is 2.19. The maximum absolute atomic E-state index is 11.5. The first-order valence-electron chi connectivity index (χ1n) is 5.39. The third kappa shape index (κ3) is 7.50. The van der Waals surface area contributed by atoms with Gasteiger partial charge >= 0.3 is 0 Å². The van der Waals surface area contributed by atoms with Crippen LogP contribution in [0.5, 0.6) is 0 Å². The minimum atomic E-state index is -1.14. The van der Waals surface area contributed by atoms with E-state index in [0.717, 1.165) is 12.8 Å². The van der Waals surface area contributed by atoms with E-state index in [1.807, 2.05) is 20.8 Å². The van der Waals surface area contributed by atoms with Crippen LogP contribution in [-0.4, -0.2) is 33.7 Å². The average molecular weight is 234 g/mol. The van der Waals surface area contributed by atoms with Gasteiger partial charge in [0.25, 0.3) is 0 Å². The van der Waals surface area contributed by atoms with Crippen LogP contribution in [0.15, 0.2) is 0 Å². The van der Waals surface area contributed by atoms with Crippen molar-refractivity contribution in [1.82, 2.24) is 5.32 Å². The summed E-state index contributed by atoms with van der Waals surface area (Å²) in [6.45, 7) is 5.87. The van der Waals surface area contributed by atoms with Gasteiger partial charge in [-0.05, 0) is 19.8 Å². The monoisotopic (exact) mass is 234 g/mol. The number of hydrogen-bond donors (Lipinski definition) is 2. The van der Waals surface area contributed by atoms with E-state index < -0.39 is 10.8 Å². The molecule has 0 saturated carbocycles. The zero-order valence-electron chi connectivity index (χ0n) is 9.79.